The summed E-state index contributed by atoms with van der Waals surface area (Å²) < 4.78 is 8.95. The number of hydrogen-bond acceptors (Lipinski definition) is 3. The average molecular weight is 338 g/mol. The van der Waals surface area contributed by atoms with Crippen molar-refractivity contribution in [1.82, 2.24) is 9.78 Å². The maximum atomic E-state index is 5.97. The first kappa shape index (κ1) is 15.1. The van der Waals surface area contributed by atoms with E-state index in [1.165, 1.54) is 0 Å². The monoisotopic (exact) mass is 337 g/mol. The van der Waals surface area contributed by atoms with Crippen LogP contribution in [0.1, 0.15) is 23.9 Å². The first-order valence-corrected chi connectivity index (χ1v) is 7.59. The van der Waals surface area contributed by atoms with Crippen LogP contribution in [0.3, 0.4) is 0 Å². The Kier molecular flexibility index (Phi) is 5.20. The first-order valence-electron chi connectivity index (χ1n) is 6.80. The topological polar surface area (TPSA) is 53.1 Å². The van der Waals surface area contributed by atoms with Crippen LogP contribution in [-0.2, 0) is 19.6 Å². The summed E-state index contributed by atoms with van der Waals surface area (Å²) in [5.41, 5.74) is 8.83. The number of ether oxygens (including phenoxy) is 1. The molecule has 20 heavy (non-hydrogen) atoms. The van der Waals surface area contributed by atoms with E-state index < -0.39 is 0 Å². The molecule has 0 aliphatic heterocycles. The van der Waals surface area contributed by atoms with E-state index in [-0.39, 0.29) is 0 Å². The van der Waals surface area contributed by atoms with Crippen LogP contribution >= 0.6 is 15.9 Å². The highest BCUT2D eigenvalue weighted by Gasteiger charge is 2.13. The molecule has 1 aromatic heterocycles. The average Bonchev–Trinajstić information content (AvgIpc) is 2.74. The third-order valence-corrected chi connectivity index (χ3v) is 4.24. The summed E-state index contributed by atoms with van der Waals surface area (Å²) in [4.78, 5) is 0. The lowest BCUT2D eigenvalue weighted by atomic mass is 10.1. The van der Waals surface area contributed by atoms with Gasteiger partial charge in [-0.3, -0.25) is 4.68 Å². The second-order valence-electron chi connectivity index (χ2n) is 4.60. The van der Waals surface area contributed by atoms with Gasteiger partial charge in [0.1, 0.15) is 12.4 Å². The van der Waals surface area contributed by atoms with Crippen LogP contribution in [0.5, 0.6) is 5.75 Å². The van der Waals surface area contributed by atoms with Gasteiger partial charge in [0, 0.05) is 6.54 Å². The minimum absolute atomic E-state index is 0.497. The van der Waals surface area contributed by atoms with Gasteiger partial charge >= 0.3 is 0 Å². The largest absolute Gasteiger partial charge is 0.487 e. The molecule has 0 fully saturated rings. The number of para-hydroxylation sites is 1. The summed E-state index contributed by atoms with van der Waals surface area (Å²) in [6, 6.07) is 8.03. The molecule has 5 heteroatoms. The molecule has 1 heterocycles. The summed E-state index contributed by atoms with van der Waals surface area (Å²) >= 11 is 3.58. The van der Waals surface area contributed by atoms with E-state index in [0.29, 0.717) is 13.2 Å². The number of nitrogens with two attached hydrogens (primary N) is 1. The third-order valence-electron chi connectivity index (χ3n) is 3.20. The fourth-order valence-corrected chi connectivity index (χ4v) is 2.56. The van der Waals surface area contributed by atoms with E-state index in [0.717, 1.165) is 40.1 Å². The molecular weight excluding hydrogens is 318 g/mol. The van der Waals surface area contributed by atoms with Gasteiger partial charge in [-0.2, -0.15) is 5.10 Å². The smallest absolute Gasteiger partial charge is 0.131 e. The molecule has 2 rings (SSSR count). The molecule has 0 saturated heterocycles. The zero-order valence-electron chi connectivity index (χ0n) is 11.9. The molecule has 0 amide bonds. The minimum atomic E-state index is 0.497. The van der Waals surface area contributed by atoms with Gasteiger partial charge in [0.05, 0.1) is 15.9 Å². The van der Waals surface area contributed by atoms with Crippen molar-refractivity contribution in [1.29, 1.82) is 0 Å². The van der Waals surface area contributed by atoms with Gasteiger partial charge in [-0.05, 0) is 54.4 Å². The van der Waals surface area contributed by atoms with Crippen LogP contribution in [0.2, 0.25) is 0 Å². The highest BCUT2D eigenvalue weighted by molar-refractivity contribution is 9.10. The number of hydrogen-bond donors (Lipinski definition) is 1. The van der Waals surface area contributed by atoms with E-state index in [9.17, 15) is 0 Å². The summed E-state index contributed by atoms with van der Waals surface area (Å²) in [6.07, 6.45) is 0.823. The van der Waals surface area contributed by atoms with E-state index >= 15 is 0 Å². The highest BCUT2D eigenvalue weighted by Crippen LogP contribution is 2.24. The Labute approximate surface area is 128 Å². The zero-order valence-corrected chi connectivity index (χ0v) is 13.5. The van der Waals surface area contributed by atoms with Crippen molar-refractivity contribution in [3.05, 3.63) is 45.7 Å². The molecule has 0 unspecified atom stereocenters. The van der Waals surface area contributed by atoms with Crippen molar-refractivity contribution in [3.63, 3.8) is 0 Å². The Morgan fingerprint density at radius 3 is 2.80 bits per heavy atom. The Morgan fingerprint density at radius 2 is 2.10 bits per heavy atom. The SMILES string of the molecule is CCn1nc(C)c(Br)c1COc1ccccc1CCN. The lowest BCUT2D eigenvalue weighted by Crippen LogP contribution is -2.09. The van der Waals surface area contributed by atoms with Crippen molar-refractivity contribution in [3.8, 4) is 5.75 Å². The molecule has 108 valence electrons. The van der Waals surface area contributed by atoms with Crippen molar-refractivity contribution in [2.75, 3.05) is 6.54 Å². The Balaban J connectivity index is 2.17. The summed E-state index contributed by atoms with van der Waals surface area (Å²) in [5, 5.41) is 4.47. The van der Waals surface area contributed by atoms with Crippen molar-refractivity contribution < 1.29 is 4.74 Å². The summed E-state index contributed by atoms with van der Waals surface area (Å²) in [6.45, 7) is 6.01. The molecule has 1 aromatic carbocycles. The molecule has 2 aromatic rings. The molecule has 4 nitrogen and oxygen atoms in total. The number of benzene rings is 1. The van der Waals surface area contributed by atoms with Gasteiger partial charge in [0.15, 0.2) is 0 Å². The van der Waals surface area contributed by atoms with Crippen molar-refractivity contribution >= 4 is 15.9 Å². The van der Waals surface area contributed by atoms with Crippen molar-refractivity contribution in [2.45, 2.75) is 33.4 Å². The third kappa shape index (κ3) is 3.22. The van der Waals surface area contributed by atoms with E-state index in [1.54, 1.807) is 0 Å². The quantitative estimate of drug-likeness (QED) is 0.881. The van der Waals surface area contributed by atoms with Crippen LogP contribution in [0.25, 0.3) is 0 Å². The van der Waals surface area contributed by atoms with Gasteiger partial charge in [-0.25, -0.2) is 0 Å². The molecule has 0 atom stereocenters. The maximum Gasteiger partial charge on any atom is 0.131 e. The molecule has 0 aliphatic rings. The Bertz CT molecular complexity index is 580. The molecule has 2 N–H and O–H groups in total. The zero-order chi connectivity index (χ0) is 14.5. The van der Waals surface area contributed by atoms with E-state index in [1.807, 2.05) is 29.8 Å². The molecular formula is C15H20BrN3O. The number of nitrogens with zero attached hydrogens (tertiary/aromatic N) is 2. The fraction of sp³-hybridized carbons (Fsp3) is 0.400. The predicted molar refractivity (Wildman–Crippen MR) is 83.9 cm³/mol. The maximum absolute atomic E-state index is 5.97. The van der Waals surface area contributed by atoms with Crippen LogP contribution in [0, 0.1) is 6.92 Å². The second-order valence-corrected chi connectivity index (χ2v) is 5.39. The molecule has 0 radical (unpaired) electrons. The van der Waals surface area contributed by atoms with Gasteiger partial charge < -0.3 is 10.5 Å². The van der Waals surface area contributed by atoms with Gasteiger partial charge in [0.25, 0.3) is 0 Å². The summed E-state index contributed by atoms with van der Waals surface area (Å²) in [5.74, 6) is 0.895. The Morgan fingerprint density at radius 1 is 1.35 bits per heavy atom. The first-order chi connectivity index (χ1) is 9.67. The van der Waals surface area contributed by atoms with Crippen LogP contribution in [0.15, 0.2) is 28.7 Å². The number of aryl methyl sites for hydroxylation is 2. The standard InChI is InChI=1S/C15H20BrN3O/c1-3-19-13(15(16)11(2)18-19)10-20-14-7-5-4-6-12(14)8-9-17/h4-7H,3,8-10,17H2,1-2H3. The van der Waals surface area contributed by atoms with Gasteiger partial charge in [0.2, 0.25) is 0 Å². The molecule has 0 aliphatic carbocycles. The molecule has 0 bridgehead atoms. The van der Waals surface area contributed by atoms with Crippen LogP contribution < -0.4 is 10.5 Å². The summed E-state index contributed by atoms with van der Waals surface area (Å²) in [7, 11) is 0. The lowest BCUT2D eigenvalue weighted by molar-refractivity contribution is 0.289. The predicted octanol–water partition coefficient (Wildman–Crippen LogP) is 3.05. The van der Waals surface area contributed by atoms with E-state index in [4.69, 9.17) is 10.5 Å². The number of aromatic nitrogens is 2. The van der Waals surface area contributed by atoms with Crippen molar-refractivity contribution in [2.24, 2.45) is 5.73 Å². The van der Waals surface area contributed by atoms with Crippen LogP contribution in [-0.4, -0.2) is 16.3 Å². The van der Waals surface area contributed by atoms with Gasteiger partial charge in [-0.1, -0.05) is 18.2 Å². The molecule has 0 saturated carbocycles. The fourth-order valence-electron chi connectivity index (χ4n) is 2.16. The van der Waals surface area contributed by atoms with Crippen LogP contribution in [0.4, 0.5) is 0 Å². The normalized spacial score (nSPS) is 10.8. The van der Waals surface area contributed by atoms with E-state index in [2.05, 4.69) is 34.0 Å². The molecule has 0 spiro atoms. The number of rotatable bonds is 6. The lowest BCUT2D eigenvalue weighted by Gasteiger charge is -2.12. The Hall–Kier alpha value is -1.33. The minimum Gasteiger partial charge on any atom is -0.487 e. The highest BCUT2D eigenvalue weighted by atomic mass is 79.9. The second kappa shape index (κ2) is 6.90. The van der Waals surface area contributed by atoms with Gasteiger partial charge in [-0.15, -0.1) is 0 Å². The number of halogens is 1.